The van der Waals surface area contributed by atoms with Gasteiger partial charge in [0, 0.05) is 37.9 Å². The van der Waals surface area contributed by atoms with Crippen LogP contribution in [0, 0.1) is 0 Å². The molecule has 3 heterocycles. The maximum Gasteiger partial charge on any atom is 0.243 e. The number of Topliss-reactive ketones (excluding diaryl/α,β-unsaturated/α-hetero) is 1. The Hall–Kier alpha value is -2.52. The van der Waals surface area contributed by atoms with Crippen molar-refractivity contribution in [2.24, 2.45) is 7.05 Å². The van der Waals surface area contributed by atoms with Crippen molar-refractivity contribution in [1.29, 1.82) is 0 Å². The van der Waals surface area contributed by atoms with Crippen LogP contribution in [0.5, 0.6) is 0 Å². The summed E-state index contributed by atoms with van der Waals surface area (Å²) in [5, 5.41) is 6.80. The summed E-state index contributed by atoms with van der Waals surface area (Å²) in [7, 11) is -2.04. The van der Waals surface area contributed by atoms with E-state index in [2.05, 4.69) is 10.4 Å². The molecule has 1 saturated heterocycles. The Morgan fingerprint density at radius 2 is 2.10 bits per heavy atom. The van der Waals surface area contributed by atoms with Gasteiger partial charge in [0.15, 0.2) is 5.78 Å². The number of nitrogens with one attached hydrogen (secondary N) is 1. The van der Waals surface area contributed by atoms with Gasteiger partial charge in [-0.15, -0.1) is 0 Å². The first kappa shape index (κ1) is 19.8. The van der Waals surface area contributed by atoms with Crippen molar-refractivity contribution in [3.05, 3.63) is 41.7 Å². The highest BCUT2D eigenvalue weighted by molar-refractivity contribution is 7.89. The lowest BCUT2D eigenvalue weighted by molar-refractivity contribution is -0.119. The summed E-state index contributed by atoms with van der Waals surface area (Å²) in [4.78, 5) is 24.9. The number of carbonyl (C=O) groups is 2. The number of rotatable bonds is 5. The van der Waals surface area contributed by atoms with E-state index in [1.54, 1.807) is 43.9 Å². The molecule has 1 aromatic heterocycles. The second-order valence-electron chi connectivity index (χ2n) is 8.23. The number of amides is 1. The highest BCUT2D eigenvalue weighted by atomic mass is 32.2. The van der Waals surface area contributed by atoms with Gasteiger partial charge in [-0.3, -0.25) is 14.3 Å². The fourth-order valence-electron chi connectivity index (χ4n) is 4.07. The van der Waals surface area contributed by atoms with Crippen LogP contribution >= 0.6 is 0 Å². The number of ketones is 1. The zero-order valence-electron chi connectivity index (χ0n) is 16.7. The normalized spacial score (nSPS) is 21.2. The van der Waals surface area contributed by atoms with Gasteiger partial charge in [0.2, 0.25) is 15.9 Å². The van der Waals surface area contributed by atoms with Crippen LogP contribution < -0.4 is 5.32 Å². The molecular weight excluding hydrogens is 392 g/mol. The fourth-order valence-corrected chi connectivity index (χ4v) is 5.79. The number of aromatic nitrogens is 2. The molecule has 0 unspecified atom stereocenters. The van der Waals surface area contributed by atoms with Gasteiger partial charge in [0.1, 0.15) is 0 Å². The molecule has 2 aliphatic heterocycles. The van der Waals surface area contributed by atoms with Crippen LogP contribution in [-0.2, 0) is 27.3 Å². The zero-order valence-corrected chi connectivity index (χ0v) is 17.5. The Balaban J connectivity index is 1.61. The number of anilines is 1. The fraction of sp³-hybridized carbons (Fsp3) is 0.450. The number of carbonyl (C=O) groups excluding carboxylic acids is 2. The molecule has 0 radical (unpaired) electrons. The first-order valence-electron chi connectivity index (χ1n) is 9.60. The van der Waals surface area contributed by atoms with Crippen LogP contribution in [0.15, 0.2) is 35.5 Å². The molecule has 0 saturated carbocycles. The molecule has 8 nitrogen and oxygen atoms in total. The highest BCUT2D eigenvalue weighted by Gasteiger charge is 2.41. The molecule has 2 aliphatic rings. The molecule has 1 amide bonds. The van der Waals surface area contributed by atoms with E-state index in [4.69, 9.17) is 0 Å². The predicted octanol–water partition coefficient (Wildman–Crippen LogP) is 2.08. The summed E-state index contributed by atoms with van der Waals surface area (Å²) in [5.41, 5.74) is 1.01. The van der Waals surface area contributed by atoms with Crippen LogP contribution in [0.2, 0.25) is 0 Å². The molecule has 154 valence electrons. The van der Waals surface area contributed by atoms with Gasteiger partial charge >= 0.3 is 0 Å². The van der Waals surface area contributed by atoms with Crippen molar-refractivity contribution in [2.75, 3.05) is 11.9 Å². The molecule has 9 heteroatoms. The number of benzene rings is 1. The van der Waals surface area contributed by atoms with E-state index in [0.29, 0.717) is 36.2 Å². The van der Waals surface area contributed by atoms with E-state index >= 15 is 0 Å². The topological polar surface area (TPSA) is 101 Å². The van der Waals surface area contributed by atoms with E-state index in [1.807, 2.05) is 0 Å². The van der Waals surface area contributed by atoms with E-state index in [9.17, 15) is 18.0 Å². The van der Waals surface area contributed by atoms with Crippen molar-refractivity contribution >= 4 is 27.4 Å². The Kier molecular flexibility index (Phi) is 4.62. The first-order chi connectivity index (χ1) is 13.6. The van der Waals surface area contributed by atoms with Crippen LogP contribution in [0.4, 0.5) is 5.69 Å². The third kappa shape index (κ3) is 3.28. The summed E-state index contributed by atoms with van der Waals surface area (Å²) >= 11 is 0. The third-order valence-electron chi connectivity index (χ3n) is 5.86. The number of sulfonamides is 1. The van der Waals surface area contributed by atoms with Crippen molar-refractivity contribution < 1.29 is 18.0 Å². The number of hydrogen-bond donors (Lipinski definition) is 1. The number of hydrogen-bond acceptors (Lipinski definition) is 5. The van der Waals surface area contributed by atoms with Crippen molar-refractivity contribution in [1.82, 2.24) is 14.1 Å². The van der Waals surface area contributed by atoms with Crippen LogP contribution in [0.25, 0.3) is 0 Å². The Bertz CT molecular complexity index is 1100. The minimum Gasteiger partial charge on any atom is -0.325 e. The van der Waals surface area contributed by atoms with Gasteiger partial charge in [-0.1, -0.05) is 0 Å². The van der Waals surface area contributed by atoms with E-state index in [-0.39, 0.29) is 29.0 Å². The number of nitrogens with zero attached hydrogens (tertiary/aromatic N) is 3. The van der Waals surface area contributed by atoms with Gasteiger partial charge in [0.25, 0.3) is 0 Å². The Labute approximate surface area is 169 Å². The molecular formula is C20H24N4O4S. The van der Waals surface area contributed by atoms with Gasteiger partial charge in [0.05, 0.1) is 22.1 Å². The van der Waals surface area contributed by atoms with E-state index < -0.39 is 15.4 Å². The molecule has 4 rings (SSSR count). The minimum absolute atomic E-state index is 0.116. The van der Waals surface area contributed by atoms with Crippen molar-refractivity contribution in [3.63, 3.8) is 0 Å². The predicted molar refractivity (Wildman–Crippen MR) is 107 cm³/mol. The molecule has 1 N–H and O–H groups in total. The van der Waals surface area contributed by atoms with Crippen molar-refractivity contribution in [3.8, 4) is 0 Å². The van der Waals surface area contributed by atoms with Crippen LogP contribution in [0.3, 0.4) is 0 Å². The Morgan fingerprint density at radius 3 is 2.79 bits per heavy atom. The molecule has 0 spiro atoms. The van der Waals surface area contributed by atoms with Gasteiger partial charge in [-0.2, -0.15) is 9.40 Å². The number of aryl methyl sites for hydroxylation is 1. The molecule has 2 aromatic rings. The lowest BCUT2D eigenvalue weighted by Gasteiger charge is -2.24. The summed E-state index contributed by atoms with van der Waals surface area (Å²) in [6, 6.07) is 4.37. The second-order valence-corrected chi connectivity index (χ2v) is 10.1. The van der Waals surface area contributed by atoms with E-state index in [1.165, 1.54) is 16.6 Å². The van der Waals surface area contributed by atoms with E-state index in [0.717, 1.165) is 0 Å². The monoisotopic (exact) mass is 416 g/mol. The summed E-state index contributed by atoms with van der Waals surface area (Å²) in [5.74, 6) is -0.266. The van der Waals surface area contributed by atoms with Gasteiger partial charge in [-0.25, -0.2) is 8.42 Å². The Morgan fingerprint density at radius 1 is 1.34 bits per heavy atom. The van der Waals surface area contributed by atoms with Crippen molar-refractivity contribution in [2.45, 2.75) is 49.5 Å². The minimum atomic E-state index is -3.78. The maximum atomic E-state index is 13.4. The standard InChI is InChI=1S/C20H24N4O4S/c1-20(2)16-10-15(6-7-17(16)22-19(20)26)29(27,28)24-8-4-5-14(24)9-18(25)13-11-21-23(3)12-13/h6-7,10-12,14H,4-5,8-9H2,1-3H3,(H,22,26)/t14-/m1/s1. The molecule has 1 atom stereocenters. The lowest BCUT2D eigenvalue weighted by Crippen LogP contribution is -2.37. The summed E-state index contributed by atoms with van der Waals surface area (Å²) in [6.45, 7) is 3.93. The largest absolute Gasteiger partial charge is 0.325 e. The summed E-state index contributed by atoms with van der Waals surface area (Å²) < 4.78 is 29.7. The molecule has 0 aliphatic carbocycles. The van der Waals surface area contributed by atoms with Gasteiger partial charge < -0.3 is 5.32 Å². The molecule has 1 aromatic carbocycles. The molecule has 1 fully saturated rings. The van der Waals surface area contributed by atoms with Gasteiger partial charge in [-0.05, 0) is 50.5 Å². The average Bonchev–Trinajstić information content (AvgIpc) is 3.35. The highest BCUT2D eigenvalue weighted by Crippen LogP contribution is 2.39. The third-order valence-corrected chi connectivity index (χ3v) is 7.81. The molecule has 29 heavy (non-hydrogen) atoms. The van der Waals surface area contributed by atoms with Crippen LogP contribution in [0.1, 0.15) is 49.0 Å². The first-order valence-corrected chi connectivity index (χ1v) is 11.0. The average molecular weight is 417 g/mol. The molecule has 0 bridgehead atoms. The summed E-state index contributed by atoms with van der Waals surface area (Å²) in [6.07, 6.45) is 4.62. The van der Waals surface area contributed by atoms with Crippen LogP contribution in [-0.4, -0.2) is 46.8 Å². The lowest BCUT2D eigenvalue weighted by atomic mass is 9.86. The second kappa shape index (κ2) is 6.77. The quantitative estimate of drug-likeness (QED) is 0.752. The zero-order chi connectivity index (χ0) is 21.0. The number of fused-ring (bicyclic) bond motifs is 1. The maximum absolute atomic E-state index is 13.4. The smallest absolute Gasteiger partial charge is 0.243 e. The SMILES string of the molecule is Cn1cc(C(=O)C[C@H]2CCCN2S(=O)(=O)c2ccc3c(c2)C(C)(C)C(=O)N3)cn1.